The van der Waals surface area contributed by atoms with Gasteiger partial charge in [0, 0.05) is 22.4 Å². The highest BCUT2D eigenvalue weighted by atomic mass is 32.1. The number of carbonyl (C=O) groups excluding carboxylic acids is 1. The van der Waals surface area contributed by atoms with Crippen LogP contribution in [-0.2, 0) is 17.8 Å². The third-order valence-corrected chi connectivity index (χ3v) is 6.79. The summed E-state index contributed by atoms with van der Waals surface area (Å²) < 4.78 is 1.39. The Morgan fingerprint density at radius 3 is 2.79 bits per heavy atom. The van der Waals surface area contributed by atoms with E-state index in [1.165, 1.54) is 38.2 Å². The first-order valence-corrected chi connectivity index (χ1v) is 11.1. The van der Waals surface area contributed by atoms with E-state index < -0.39 is 0 Å². The van der Waals surface area contributed by atoms with Crippen molar-refractivity contribution in [1.29, 1.82) is 0 Å². The molecule has 0 unspecified atom stereocenters. The molecule has 5 nitrogen and oxygen atoms in total. The predicted molar refractivity (Wildman–Crippen MR) is 120 cm³/mol. The van der Waals surface area contributed by atoms with Crippen LogP contribution in [0.2, 0.25) is 0 Å². The molecule has 0 saturated heterocycles. The highest BCUT2D eigenvalue weighted by Crippen LogP contribution is 2.31. The van der Waals surface area contributed by atoms with Crippen LogP contribution in [0.3, 0.4) is 0 Å². The molecule has 1 aromatic carbocycles. The minimum Gasteiger partial charge on any atom is -0.354 e. The van der Waals surface area contributed by atoms with E-state index >= 15 is 0 Å². The lowest BCUT2D eigenvalue weighted by Gasteiger charge is -2.08. The molecule has 0 saturated carbocycles. The second kappa shape index (κ2) is 8.31. The summed E-state index contributed by atoms with van der Waals surface area (Å²) in [5, 5.41) is 7.44. The van der Waals surface area contributed by atoms with Crippen molar-refractivity contribution >= 4 is 38.8 Å². The molecule has 0 bridgehead atoms. The lowest BCUT2D eigenvalue weighted by Crippen LogP contribution is -2.33. The molecule has 4 aromatic rings. The SMILES string of the molecule is Cc1ccc(-c2csc3ncn(CC(=O)NCCc4cccs4)c(=O)c23)cc1C. The molecule has 29 heavy (non-hydrogen) atoms. The summed E-state index contributed by atoms with van der Waals surface area (Å²) in [5.41, 5.74) is 4.08. The van der Waals surface area contributed by atoms with E-state index in [0.717, 1.165) is 17.5 Å². The lowest BCUT2D eigenvalue weighted by atomic mass is 10.0. The van der Waals surface area contributed by atoms with Crippen LogP contribution in [0.1, 0.15) is 16.0 Å². The predicted octanol–water partition coefficient (Wildman–Crippen LogP) is 4.16. The fourth-order valence-corrected chi connectivity index (χ4v) is 4.81. The number of carbonyl (C=O) groups is 1. The second-order valence-electron chi connectivity index (χ2n) is 6.99. The van der Waals surface area contributed by atoms with Gasteiger partial charge in [-0.2, -0.15) is 0 Å². The van der Waals surface area contributed by atoms with Gasteiger partial charge < -0.3 is 5.32 Å². The molecule has 0 fully saturated rings. The molecule has 0 aliphatic carbocycles. The standard InChI is InChI=1S/C22H21N3O2S2/c1-14-5-6-16(10-15(14)2)18-12-29-21-20(18)22(27)25(13-24-21)11-19(26)23-8-7-17-4-3-9-28-17/h3-6,9-10,12-13H,7-8,11H2,1-2H3,(H,23,26). The van der Waals surface area contributed by atoms with Crippen molar-refractivity contribution in [3.63, 3.8) is 0 Å². The summed E-state index contributed by atoms with van der Waals surface area (Å²) in [6, 6.07) is 10.2. The Labute approximate surface area is 176 Å². The van der Waals surface area contributed by atoms with E-state index in [1.807, 2.05) is 29.0 Å². The van der Waals surface area contributed by atoms with E-state index in [2.05, 4.69) is 36.3 Å². The number of benzene rings is 1. The Morgan fingerprint density at radius 2 is 2.03 bits per heavy atom. The molecule has 0 spiro atoms. The number of nitrogens with one attached hydrogen (secondary N) is 1. The van der Waals surface area contributed by atoms with Crippen molar-refractivity contribution in [2.75, 3.05) is 6.54 Å². The van der Waals surface area contributed by atoms with Gasteiger partial charge in [0.25, 0.3) is 5.56 Å². The monoisotopic (exact) mass is 423 g/mol. The van der Waals surface area contributed by atoms with Crippen molar-refractivity contribution in [3.05, 3.63) is 73.8 Å². The van der Waals surface area contributed by atoms with E-state index in [0.29, 0.717) is 16.8 Å². The van der Waals surface area contributed by atoms with Crippen LogP contribution in [0.4, 0.5) is 0 Å². The topological polar surface area (TPSA) is 64.0 Å². The van der Waals surface area contributed by atoms with Gasteiger partial charge in [0.05, 0.1) is 11.7 Å². The molecule has 1 amide bonds. The van der Waals surface area contributed by atoms with Crippen LogP contribution in [-0.4, -0.2) is 22.0 Å². The molecular weight excluding hydrogens is 402 g/mol. The number of hydrogen-bond acceptors (Lipinski definition) is 5. The van der Waals surface area contributed by atoms with Gasteiger partial charge >= 0.3 is 0 Å². The number of aryl methyl sites for hydroxylation is 2. The van der Waals surface area contributed by atoms with Gasteiger partial charge in [0.15, 0.2) is 0 Å². The van der Waals surface area contributed by atoms with Gasteiger partial charge in [-0.05, 0) is 48.4 Å². The third-order valence-electron chi connectivity index (χ3n) is 4.97. The number of hydrogen-bond donors (Lipinski definition) is 1. The average Bonchev–Trinajstić information content (AvgIpc) is 3.36. The fraction of sp³-hybridized carbons (Fsp3) is 0.227. The molecule has 3 heterocycles. The number of amides is 1. The fourth-order valence-electron chi connectivity index (χ4n) is 3.19. The summed E-state index contributed by atoms with van der Waals surface area (Å²) in [6.07, 6.45) is 2.25. The zero-order chi connectivity index (χ0) is 20.4. The molecule has 148 valence electrons. The molecule has 7 heteroatoms. The summed E-state index contributed by atoms with van der Waals surface area (Å²) in [6.45, 7) is 4.64. The van der Waals surface area contributed by atoms with Crippen molar-refractivity contribution in [1.82, 2.24) is 14.9 Å². The first-order valence-electron chi connectivity index (χ1n) is 9.36. The molecule has 4 rings (SSSR count). The van der Waals surface area contributed by atoms with E-state index in [1.54, 1.807) is 11.3 Å². The van der Waals surface area contributed by atoms with Crippen LogP contribution >= 0.6 is 22.7 Å². The molecule has 0 radical (unpaired) electrons. The maximum absolute atomic E-state index is 13.1. The molecular formula is C22H21N3O2S2. The van der Waals surface area contributed by atoms with Crippen LogP contribution in [0.5, 0.6) is 0 Å². The lowest BCUT2D eigenvalue weighted by molar-refractivity contribution is -0.121. The van der Waals surface area contributed by atoms with Crippen LogP contribution in [0.15, 0.2) is 52.2 Å². The van der Waals surface area contributed by atoms with Gasteiger partial charge in [-0.15, -0.1) is 22.7 Å². The van der Waals surface area contributed by atoms with Gasteiger partial charge in [-0.1, -0.05) is 24.3 Å². The molecule has 0 atom stereocenters. The Hall–Kier alpha value is -2.77. The Bertz CT molecular complexity index is 1220. The normalized spacial score (nSPS) is 11.1. The molecule has 3 aromatic heterocycles. The summed E-state index contributed by atoms with van der Waals surface area (Å²) in [5.74, 6) is -0.187. The van der Waals surface area contributed by atoms with Gasteiger partial charge in [-0.25, -0.2) is 4.98 Å². The number of thiophene rings is 2. The van der Waals surface area contributed by atoms with Crippen LogP contribution < -0.4 is 10.9 Å². The summed E-state index contributed by atoms with van der Waals surface area (Å²) in [7, 11) is 0. The largest absolute Gasteiger partial charge is 0.354 e. The highest BCUT2D eigenvalue weighted by molar-refractivity contribution is 7.17. The van der Waals surface area contributed by atoms with Crippen LogP contribution in [0.25, 0.3) is 21.3 Å². The highest BCUT2D eigenvalue weighted by Gasteiger charge is 2.15. The van der Waals surface area contributed by atoms with Crippen molar-refractivity contribution in [3.8, 4) is 11.1 Å². The number of aromatic nitrogens is 2. The Kier molecular flexibility index (Phi) is 5.60. The number of rotatable bonds is 6. The van der Waals surface area contributed by atoms with Gasteiger partial charge in [0.2, 0.25) is 5.91 Å². The van der Waals surface area contributed by atoms with E-state index in [4.69, 9.17) is 0 Å². The minimum absolute atomic E-state index is 0.0333. The third kappa shape index (κ3) is 4.16. The number of fused-ring (bicyclic) bond motifs is 1. The smallest absolute Gasteiger partial charge is 0.263 e. The first kappa shape index (κ1) is 19.5. The quantitative estimate of drug-likeness (QED) is 0.506. The molecule has 0 aliphatic heterocycles. The number of nitrogens with zero attached hydrogens (tertiary/aromatic N) is 2. The Morgan fingerprint density at radius 1 is 1.17 bits per heavy atom. The average molecular weight is 424 g/mol. The maximum atomic E-state index is 13.1. The van der Waals surface area contributed by atoms with Crippen molar-refractivity contribution in [2.45, 2.75) is 26.8 Å². The molecule has 0 aliphatic rings. The summed E-state index contributed by atoms with van der Waals surface area (Å²) >= 11 is 3.12. The minimum atomic E-state index is -0.187. The zero-order valence-corrected chi connectivity index (χ0v) is 17.9. The molecule has 1 N–H and O–H groups in total. The Balaban J connectivity index is 1.56. The van der Waals surface area contributed by atoms with E-state index in [-0.39, 0.29) is 18.0 Å². The first-order chi connectivity index (χ1) is 14.0. The second-order valence-corrected chi connectivity index (χ2v) is 8.88. The maximum Gasteiger partial charge on any atom is 0.263 e. The van der Waals surface area contributed by atoms with Crippen molar-refractivity contribution in [2.24, 2.45) is 0 Å². The van der Waals surface area contributed by atoms with Gasteiger partial charge in [-0.3, -0.25) is 14.2 Å². The summed E-state index contributed by atoms with van der Waals surface area (Å²) in [4.78, 5) is 31.7. The van der Waals surface area contributed by atoms with E-state index in [9.17, 15) is 9.59 Å². The zero-order valence-electron chi connectivity index (χ0n) is 16.3. The van der Waals surface area contributed by atoms with Gasteiger partial charge in [0.1, 0.15) is 11.4 Å². The van der Waals surface area contributed by atoms with Crippen LogP contribution in [0, 0.1) is 13.8 Å². The van der Waals surface area contributed by atoms with Crippen molar-refractivity contribution < 1.29 is 4.79 Å².